The van der Waals surface area contributed by atoms with Crippen LogP contribution in [0.2, 0.25) is 0 Å². The molecule has 1 aliphatic carbocycles. The minimum absolute atomic E-state index is 0.0341. The fourth-order valence-electron chi connectivity index (χ4n) is 3.77. The summed E-state index contributed by atoms with van der Waals surface area (Å²) in [5.74, 6) is -0.539. The molecule has 0 spiro atoms. The molecule has 1 aromatic carbocycles. The van der Waals surface area contributed by atoms with Gasteiger partial charge in [-0.3, -0.25) is 9.48 Å². The number of carbonyl (C=O) groups is 1. The summed E-state index contributed by atoms with van der Waals surface area (Å²) in [5, 5.41) is 27.4. The molecule has 33 heavy (non-hydrogen) atoms. The molecule has 0 bridgehead atoms. The molecule has 1 radical (unpaired) electrons. The van der Waals surface area contributed by atoms with Crippen LogP contribution in [0.5, 0.6) is 5.75 Å². The van der Waals surface area contributed by atoms with Crippen molar-refractivity contribution in [1.82, 2.24) is 19.7 Å². The fourth-order valence-corrected chi connectivity index (χ4v) is 3.77. The highest BCUT2D eigenvalue weighted by Crippen LogP contribution is 2.29. The molecule has 2 aromatic heterocycles. The van der Waals surface area contributed by atoms with E-state index in [4.69, 9.17) is 0 Å². The molecule has 173 valence electrons. The van der Waals surface area contributed by atoms with Gasteiger partial charge in [-0.25, -0.2) is 9.97 Å². The number of hydrogen-bond donors (Lipinski definition) is 3. The highest BCUT2D eigenvalue weighted by Gasteiger charge is 2.39. The summed E-state index contributed by atoms with van der Waals surface area (Å²) in [6.45, 7) is 1.13. The van der Waals surface area contributed by atoms with Crippen LogP contribution in [0.25, 0.3) is 0 Å². The van der Waals surface area contributed by atoms with Crippen LogP contribution in [0.3, 0.4) is 0 Å². The minimum atomic E-state index is -2.92. The zero-order valence-corrected chi connectivity index (χ0v) is 17.4. The summed E-state index contributed by atoms with van der Waals surface area (Å²) in [6, 6.07) is 7.22. The first kappa shape index (κ1) is 22.7. The summed E-state index contributed by atoms with van der Waals surface area (Å²) in [5.41, 5.74) is 0.955. The second-order valence-electron chi connectivity index (χ2n) is 7.77. The van der Waals surface area contributed by atoms with E-state index < -0.39 is 30.6 Å². The van der Waals surface area contributed by atoms with Crippen LogP contribution >= 0.6 is 0 Å². The summed E-state index contributed by atoms with van der Waals surface area (Å²) < 4.78 is 30.8. The van der Waals surface area contributed by atoms with Crippen molar-refractivity contribution >= 4 is 11.6 Å². The number of rotatable bonds is 8. The van der Waals surface area contributed by atoms with Crippen LogP contribution in [-0.4, -0.2) is 60.6 Å². The number of benzene rings is 1. The van der Waals surface area contributed by atoms with Gasteiger partial charge in [0.25, 0.3) is 0 Å². The largest absolute Gasteiger partial charge is 0.435 e. The van der Waals surface area contributed by atoms with Gasteiger partial charge in [0, 0.05) is 12.4 Å². The lowest BCUT2D eigenvalue weighted by Gasteiger charge is -2.19. The Labute approximate surface area is 188 Å². The Bertz CT molecular complexity index is 1130. The van der Waals surface area contributed by atoms with E-state index >= 15 is 0 Å². The van der Waals surface area contributed by atoms with Crippen LogP contribution in [0, 0.1) is 12.8 Å². The first-order valence-corrected chi connectivity index (χ1v) is 10.2. The van der Waals surface area contributed by atoms with Gasteiger partial charge in [0.05, 0.1) is 24.3 Å². The fraction of sp³-hybridized carbons (Fsp3) is 0.318. The predicted octanol–water partition coefficient (Wildman–Crippen LogP) is 1.91. The maximum atomic E-state index is 13.1. The number of anilines is 1. The Kier molecular flexibility index (Phi) is 6.61. The second kappa shape index (κ2) is 9.59. The van der Waals surface area contributed by atoms with Gasteiger partial charge in [0.2, 0.25) is 5.78 Å². The molecule has 4 rings (SSSR count). The van der Waals surface area contributed by atoms with Gasteiger partial charge in [0.1, 0.15) is 29.7 Å². The van der Waals surface area contributed by atoms with Crippen LogP contribution in [0.15, 0.2) is 49.1 Å². The third-order valence-corrected chi connectivity index (χ3v) is 5.42. The van der Waals surface area contributed by atoms with Crippen molar-refractivity contribution < 1.29 is 28.5 Å². The van der Waals surface area contributed by atoms with Crippen molar-refractivity contribution in [2.45, 2.75) is 37.8 Å². The average Bonchev–Trinajstić information content (AvgIpc) is 3.34. The van der Waals surface area contributed by atoms with Crippen LogP contribution in [0.4, 0.5) is 14.6 Å². The van der Waals surface area contributed by atoms with Crippen molar-refractivity contribution in [2.24, 2.45) is 5.92 Å². The molecule has 3 N–H and O–H groups in total. The number of carbonyl (C=O) groups excluding carboxylic acids is 1. The molecule has 1 fully saturated rings. The first-order valence-electron chi connectivity index (χ1n) is 10.2. The summed E-state index contributed by atoms with van der Waals surface area (Å²) in [7, 11) is 0. The SMILES string of the molecule is [CH2][C@@H]1C[C@@H](Nc2ncncc2C(=O)c2ccn(Cc3cccc(OC(F)F)c3)n2)[C@H](O)[C@@H]1O. The third-order valence-electron chi connectivity index (χ3n) is 5.42. The smallest absolute Gasteiger partial charge is 0.387 e. The maximum absolute atomic E-state index is 13.1. The Hall–Kier alpha value is -3.44. The second-order valence-corrected chi connectivity index (χ2v) is 7.77. The molecule has 1 aliphatic rings. The molecule has 4 atom stereocenters. The van der Waals surface area contributed by atoms with E-state index in [-0.39, 0.29) is 35.3 Å². The van der Waals surface area contributed by atoms with Crippen molar-refractivity contribution in [3.63, 3.8) is 0 Å². The van der Waals surface area contributed by atoms with E-state index in [9.17, 15) is 23.8 Å². The molecule has 3 aromatic rings. The molecular formula is C22H22F2N5O4. The van der Waals surface area contributed by atoms with E-state index in [1.54, 1.807) is 18.3 Å². The summed E-state index contributed by atoms with van der Waals surface area (Å²) in [4.78, 5) is 21.1. The van der Waals surface area contributed by atoms with Gasteiger partial charge in [0.15, 0.2) is 0 Å². The molecule has 1 saturated carbocycles. The molecule has 0 saturated heterocycles. The van der Waals surface area contributed by atoms with E-state index in [0.29, 0.717) is 12.0 Å². The average molecular weight is 458 g/mol. The van der Waals surface area contributed by atoms with Crippen molar-refractivity contribution in [2.75, 3.05) is 5.32 Å². The third kappa shape index (κ3) is 5.15. The molecule has 9 nitrogen and oxygen atoms in total. The monoisotopic (exact) mass is 458 g/mol. The number of nitrogens with one attached hydrogen (secondary N) is 1. The van der Waals surface area contributed by atoms with Crippen molar-refractivity contribution in [3.8, 4) is 5.75 Å². The summed E-state index contributed by atoms with van der Waals surface area (Å²) >= 11 is 0. The van der Waals surface area contributed by atoms with E-state index in [1.165, 1.54) is 35.4 Å². The number of halogens is 2. The lowest BCUT2D eigenvalue weighted by Crippen LogP contribution is -2.35. The lowest BCUT2D eigenvalue weighted by atomic mass is 10.1. The Morgan fingerprint density at radius 2 is 2.12 bits per heavy atom. The maximum Gasteiger partial charge on any atom is 0.387 e. The van der Waals surface area contributed by atoms with Crippen LogP contribution in [-0.2, 0) is 6.54 Å². The topological polar surface area (TPSA) is 122 Å². The number of aliphatic hydroxyl groups excluding tert-OH is 2. The van der Waals surface area contributed by atoms with Crippen molar-refractivity contribution in [1.29, 1.82) is 0 Å². The Morgan fingerprint density at radius 1 is 1.30 bits per heavy atom. The number of aliphatic hydroxyl groups is 2. The van der Waals surface area contributed by atoms with Crippen molar-refractivity contribution in [3.05, 3.63) is 72.8 Å². The van der Waals surface area contributed by atoms with Gasteiger partial charge in [-0.15, -0.1) is 0 Å². The number of alkyl halides is 2. The highest BCUT2D eigenvalue weighted by molar-refractivity contribution is 6.10. The molecule has 0 aliphatic heterocycles. The lowest BCUT2D eigenvalue weighted by molar-refractivity contribution is -0.0498. The van der Waals surface area contributed by atoms with Gasteiger partial charge >= 0.3 is 6.61 Å². The number of aromatic nitrogens is 4. The molecular weight excluding hydrogens is 436 g/mol. The predicted molar refractivity (Wildman–Crippen MR) is 113 cm³/mol. The van der Waals surface area contributed by atoms with E-state index in [2.05, 4.69) is 32.0 Å². The number of ether oxygens (including phenoxy) is 1. The molecule has 11 heteroatoms. The standard InChI is InChI=1S/C22H22F2N5O4/c1-12-7-17(20(32)18(12)30)27-21-15(9-25-11-26-21)19(31)16-5-6-29(28-16)10-13-3-2-4-14(8-13)33-22(23)24/h2-6,8-9,11-12,17-18,20,22,30,32H,1,7,10H2,(H,25,26,27)/t12-,17-,18-,20+/m1/s1. The summed E-state index contributed by atoms with van der Waals surface area (Å²) in [6.07, 6.45) is 2.60. The number of ketones is 1. The van der Waals surface area contributed by atoms with Gasteiger partial charge in [-0.1, -0.05) is 12.1 Å². The van der Waals surface area contributed by atoms with Crippen LogP contribution in [0.1, 0.15) is 28.0 Å². The highest BCUT2D eigenvalue weighted by atomic mass is 19.3. The van der Waals surface area contributed by atoms with Crippen LogP contribution < -0.4 is 10.1 Å². The zero-order valence-electron chi connectivity index (χ0n) is 17.4. The molecule has 2 heterocycles. The quantitative estimate of drug-likeness (QED) is 0.438. The van der Waals surface area contributed by atoms with Gasteiger partial charge in [-0.2, -0.15) is 13.9 Å². The van der Waals surface area contributed by atoms with Gasteiger partial charge in [-0.05, 0) is 43.0 Å². The first-order chi connectivity index (χ1) is 15.8. The number of nitrogens with zero attached hydrogens (tertiary/aromatic N) is 4. The van der Waals surface area contributed by atoms with Gasteiger partial charge < -0.3 is 20.3 Å². The van der Waals surface area contributed by atoms with E-state index in [1.807, 2.05) is 0 Å². The Balaban J connectivity index is 1.49. The zero-order chi connectivity index (χ0) is 23.5. The van der Waals surface area contributed by atoms with E-state index in [0.717, 1.165) is 0 Å². The molecule has 0 amide bonds. The molecule has 0 unspecified atom stereocenters. The Morgan fingerprint density at radius 3 is 2.85 bits per heavy atom. The number of hydrogen-bond acceptors (Lipinski definition) is 8. The minimum Gasteiger partial charge on any atom is -0.435 e. The normalized spacial score (nSPS) is 22.5.